The standard InChI is InChI=1S/C16H25N/c1-3-13-17-14-7-5-6-8-16-11-9-15(4-2)10-12-16/h5-6,9-12,17H,3-4,7-8,13-14H2,1-2H3. The highest BCUT2D eigenvalue weighted by molar-refractivity contribution is 5.24. The van der Waals surface area contributed by atoms with E-state index in [1.807, 2.05) is 0 Å². The Hall–Kier alpha value is -1.08. The summed E-state index contributed by atoms with van der Waals surface area (Å²) in [6.07, 6.45) is 9.07. The molecule has 1 aromatic rings. The molecule has 0 aliphatic heterocycles. The molecule has 1 N–H and O–H groups in total. The number of hydrogen-bond acceptors (Lipinski definition) is 1. The van der Waals surface area contributed by atoms with Crippen molar-refractivity contribution < 1.29 is 0 Å². The molecule has 0 aliphatic rings. The number of rotatable bonds is 8. The van der Waals surface area contributed by atoms with Crippen LogP contribution >= 0.6 is 0 Å². The normalized spacial score (nSPS) is 11.2. The van der Waals surface area contributed by atoms with Gasteiger partial charge in [-0.3, -0.25) is 0 Å². The van der Waals surface area contributed by atoms with Crippen molar-refractivity contribution in [2.45, 2.75) is 39.5 Å². The molecule has 0 saturated heterocycles. The summed E-state index contributed by atoms with van der Waals surface area (Å²) >= 11 is 0. The van der Waals surface area contributed by atoms with Gasteiger partial charge in [-0.1, -0.05) is 50.3 Å². The Labute approximate surface area is 106 Å². The summed E-state index contributed by atoms with van der Waals surface area (Å²) in [6, 6.07) is 8.93. The van der Waals surface area contributed by atoms with Crippen molar-refractivity contribution in [3.8, 4) is 0 Å². The van der Waals surface area contributed by atoms with Crippen molar-refractivity contribution in [1.82, 2.24) is 5.32 Å². The van der Waals surface area contributed by atoms with Crippen molar-refractivity contribution in [3.05, 3.63) is 47.5 Å². The maximum Gasteiger partial charge on any atom is -0.00143 e. The van der Waals surface area contributed by atoms with Crippen LogP contribution in [0, 0.1) is 0 Å². The third-order valence-corrected chi connectivity index (χ3v) is 2.87. The predicted octanol–water partition coefficient (Wildman–Crippen LogP) is 3.74. The second-order valence-electron chi connectivity index (χ2n) is 4.38. The number of hydrogen-bond donors (Lipinski definition) is 1. The molecule has 0 atom stereocenters. The molecule has 0 amide bonds. The lowest BCUT2D eigenvalue weighted by Gasteiger charge is -2.00. The minimum atomic E-state index is 1.05. The summed E-state index contributed by atoms with van der Waals surface area (Å²) in [7, 11) is 0. The van der Waals surface area contributed by atoms with Crippen LogP contribution in [0.2, 0.25) is 0 Å². The average Bonchev–Trinajstić information content (AvgIpc) is 2.38. The highest BCUT2D eigenvalue weighted by Crippen LogP contribution is 2.06. The molecule has 0 aromatic heterocycles. The maximum atomic E-state index is 3.40. The van der Waals surface area contributed by atoms with Gasteiger partial charge in [0.25, 0.3) is 0 Å². The Balaban J connectivity index is 2.18. The van der Waals surface area contributed by atoms with E-state index in [4.69, 9.17) is 0 Å². The molecule has 94 valence electrons. The zero-order chi connectivity index (χ0) is 12.3. The van der Waals surface area contributed by atoms with Crippen LogP contribution in [0.4, 0.5) is 0 Å². The third-order valence-electron chi connectivity index (χ3n) is 2.87. The molecule has 0 bridgehead atoms. The van der Waals surface area contributed by atoms with Crippen LogP contribution in [0.3, 0.4) is 0 Å². The minimum absolute atomic E-state index is 1.05. The first kappa shape index (κ1) is 14.0. The van der Waals surface area contributed by atoms with Gasteiger partial charge in [-0.2, -0.15) is 0 Å². The summed E-state index contributed by atoms with van der Waals surface area (Å²) in [5.41, 5.74) is 2.82. The molecular formula is C16H25N. The second-order valence-corrected chi connectivity index (χ2v) is 4.38. The molecule has 17 heavy (non-hydrogen) atoms. The summed E-state index contributed by atoms with van der Waals surface area (Å²) in [6.45, 7) is 6.62. The van der Waals surface area contributed by atoms with Gasteiger partial charge in [0.15, 0.2) is 0 Å². The lowest BCUT2D eigenvalue weighted by Crippen LogP contribution is -2.14. The van der Waals surface area contributed by atoms with Crippen LogP contribution in [0.15, 0.2) is 36.4 Å². The monoisotopic (exact) mass is 231 g/mol. The molecule has 0 heterocycles. The molecular weight excluding hydrogens is 206 g/mol. The number of allylic oxidation sites excluding steroid dienone is 1. The Kier molecular flexibility index (Phi) is 7.40. The summed E-state index contributed by atoms with van der Waals surface area (Å²) in [5.74, 6) is 0. The summed E-state index contributed by atoms with van der Waals surface area (Å²) in [4.78, 5) is 0. The third kappa shape index (κ3) is 6.28. The van der Waals surface area contributed by atoms with E-state index >= 15 is 0 Å². The zero-order valence-electron chi connectivity index (χ0n) is 11.2. The molecule has 1 rings (SSSR count). The smallest absolute Gasteiger partial charge is 0.00143 e. The molecule has 0 unspecified atom stereocenters. The Bertz CT molecular complexity index is 311. The van der Waals surface area contributed by atoms with E-state index in [0.717, 1.165) is 32.4 Å². The molecule has 1 nitrogen and oxygen atoms in total. The van der Waals surface area contributed by atoms with Crippen molar-refractivity contribution >= 4 is 0 Å². The van der Waals surface area contributed by atoms with Crippen molar-refractivity contribution in [2.75, 3.05) is 13.1 Å². The first-order valence-electron chi connectivity index (χ1n) is 6.80. The van der Waals surface area contributed by atoms with Gasteiger partial charge in [-0.25, -0.2) is 0 Å². The van der Waals surface area contributed by atoms with Crippen molar-refractivity contribution in [1.29, 1.82) is 0 Å². The van der Waals surface area contributed by atoms with E-state index in [9.17, 15) is 0 Å². The predicted molar refractivity (Wildman–Crippen MR) is 76.4 cm³/mol. The molecule has 1 heteroatoms. The fourth-order valence-electron chi connectivity index (χ4n) is 1.74. The Morgan fingerprint density at radius 1 is 0.941 bits per heavy atom. The SMILES string of the molecule is CCCNCCC=CCc1ccc(CC)cc1. The van der Waals surface area contributed by atoms with Crippen molar-refractivity contribution in [3.63, 3.8) is 0 Å². The lowest BCUT2D eigenvalue weighted by atomic mass is 10.1. The topological polar surface area (TPSA) is 12.0 Å². The Morgan fingerprint density at radius 2 is 1.65 bits per heavy atom. The lowest BCUT2D eigenvalue weighted by molar-refractivity contribution is 0.678. The first-order chi connectivity index (χ1) is 8.36. The van der Waals surface area contributed by atoms with E-state index in [-0.39, 0.29) is 0 Å². The van der Waals surface area contributed by atoms with Gasteiger partial charge < -0.3 is 5.32 Å². The molecule has 0 spiro atoms. The van der Waals surface area contributed by atoms with Crippen LogP contribution in [-0.2, 0) is 12.8 Å². The van der Waals surface area contributed by atoms with Crippen LogP contribution in [0.5, 0.6) is 0 Å². The van der Waals surface area contributed by atoms with E-state index in [2.05, 4.69) is 55.6 Å². The molecule has 0 aliphatic carbocycles. The van der Waals surface area contributed by atoms with Crippen LogP contribution in [0.25, 0.3) is 0 Å². The zero-order valence-corrected chi connectivity index (χ0v) is 11.2. The highest BCUT2D eigenvalue weighted by atomic mass is 14.8. The largest absolute Gasteiger partial charge is 0.316 e. The minimum Gasteiger partial charge on any atom is -0.316 e. The van der Waals surface area contributed by atoms with Gasteiger partial charge in [0.2, 0.25) is 0 Å². The van der Waals surface area contributed by atoms with Crippen LogP contribution in [0.1, 0.15) is 37.8 Å². The van der Waals surface area contributed by atoms with Gasteiger partial charge in [0.05, 0.1) is 0 Å². The molecule has 1 aromatic carbocycles. The Morgan fingerprint density at radius 3 is 2.29 bits per heavy atom. The van der Waals surface area contributed by atoms with E-state index in [1.54, 1.807) is 0 Å². The van der Waals surface area contributed by atoms with Gasteiger partial charge in [0, 0.05) is 0 Å². The summed E-state index contributed by atoms with van der Waals surface area (Å²) < 4.78 is 0. The van der Waals surface area contributed by atoms with Crippen molar-refractivity contribution in [2.24, 2.45) is 0 Å². The quantitative estimate of drug-likeness (QED) is 0.531. The fourth-order valence-corrected chi connectivity index (χ4v) is 1.74. The average molecular weight is 231 g/mol. The van der Waals surface area contributed by atoms with E-state index in [1.165, 1.54) is 17.5 Å². The van der Waals surface area contributed by atoms with E-state index < -0.39 is 0 Å². The number of nitrogens with one attached hydrogen (secondary N) is 1. The second kappa shape index (κ2) is 9.00. The van der Waals surface area contributed by atoms with E-state index in [0.29, 0.717) is 0 Å². The van der Waals surface area contributed by atoms with Gasteiger partial charge >= 0.3 is 0 Å². The molecule has 0 radical (unpaired) electrons. The molecule has 0 fully saturated rings. The summed E-state index contributed by atoms with van der Waals surface area (Å²) in [5, 5.41) is 3.40. The van der Waals surface area contributed by atoms with Crippen LogP contribution in [-0.4, -0.2) is 13.1 Å². The van der Waals surface area contributed by atoms with Gasteiger partial charge in [0.1, 0.15) is 0 Å². The maximum absolute atomic E-state index is 3.40. The highest BCUT2D eigenvalue weighted by Gasteiger charge is 1.90. The fraction of sp³-hybridized carbons (Fsp3) is 0.500. The first-order valence-corrected chi connectivity index (χ1v) is 6.80. The van der Waals surface area contributed by atoms with Gasteiger partial charge in [-0.05, 0) is 49.9 Å². The van der Waals surface area contributed by atoms with Gasteiger partial charge in [-0.15, -0.1) is 0 Å². The number of benzene rings is 1. The van der Waals surface area contributed by atoms with Crippen LogP contribution < -0.4 is 5.32 Å². The molecule has 0 saturated carbocycles. The number of aryl methyl sites for hydroxylation is 1.